The Morgan fingerprint density at radius 1 is 1.65 bits per heavy atom. The van der Waals surface area contributed by atoms with Gasteiger partial charge in [0.05, 0.1) is 12.7 Å². The monoisotopic (exact) mass is 247 g/mol. The molecule has 0 saturated carbocycles. The molecule has 2 N–H and O–H groups in total. The number of aromatic nitrogens is 1. The second kappa shape index (κ2) is 4.68. The number of nitro groups is 1. The number of hydrogen-bond donors (Lipinski definition) is 1. The Bertz CT molecular complexity index is 478. The van der Waals surface area contributed by atoms with Gasteiger partial charge in [-0.05, 0) is 9.91 Å². The van der Waals surface area contributed by atoms with E-state index in [2.05, 4.69) is 9.72 Å². The van der Waals surface area contributed by atoms with E-state index in [-0.39, 0.29) is 0 Å². The minimum Gasteiger partial charge on any atom is -0.463 e. The zero-order chi connectivity index (χ0) is 13.2. The molecule has 1 heterocycles. The van der Waals surface area contributed by atoms with E-state index in [9.17, 15) is 23.7 Å². The van der Waals surface area contributed by atoms with E-state index in [1.165, 1.54) is 0 Å². The van der Waals surface area contributed by atoms with Crippen molar-refractivity contribution in [3.63, 3.8) is 0 Å². The van der Waals surface area contributed by atoms with Crippen LogP contribution in [0.1, 0.15) is 22.5 Å². The lowest BCUT2D eigenvalue weighted by Crippen LogP contribution is -2.10. The molecule has 92 valence electrons. The second-order valence-corrected chi connectivity index (χ2v) is 2.88. The molecule has 7 nitrogen and oxygen atoms in total. The number of halogens is 2. The van der Waals surface area contributed by atoms with Crippen LogP contribution in [0.5, 0.6) is 0 Å². The number of alkyl halides is 2. The summed E-state index contributed by atoms with van der Waals surface area (Å²) in [7, 11) is 0.994. The summed E-state index contributed by atoms with van der Waals surface area (Å²) in [6.45, 7) is 0. The molecule has 0 fully saturated rings. The predicted octanol–water partition coefficient (Wildman–Crippen LogP) is 1.30. The van der Waals surface area contributed by atoms with Gasteiger partial charge in [0.15, 0.2) is 0 Å². The Morgan fingerprint density at radius 3 is 2.65 bits per heavy atom. The normalized spacial score (nSPS) is 10.4. The van der Waals surface area contributed by atoms with Gasteiger partial charge in [-0.1, -0.05) is 0 Å². The van der Waals surface area contributed by atoms with Crippen molar-refractivity contribution in [2.45, 2.75) is 6.43 Å². The molecule has 0 unspecified atom stereocenters. The van der Waals surface area contributed by atoms with E-state index in [1.54, 1.807) is 0 Å². The molecule has 0 radical (unpaired) electrons. The zero-order valence-electron chi connectivity index (χ0n) is 8.52. The maximum atomic E-state index is 12.5. The Kier molecular flexibility index (Phi) is 3.51. The maximum Gasteiger partial charge on any atom is 0.388 e. The van der Waals surface area contributed by atoms with Crippen molar-refractivity contribution in [1.82, 2.24) is 4.98 Å². The van der Waals surface area contributed by atoms with Crippen LogP contribution in [0, 0.1) is 10.1 Å². The van der Waals surface area contributed by atoms with Gasteiger partial charge in [-0.2, -0.15) is 0 Å². The van der Waals surface area contributed by atoms with Gasteiger partial charge in [0, 0.05) is 6.07 Å². The summed E-state index contributed by atoms with van der Waals surface area (Å²) in [6.07, 6.45) is -3.06. The number of hydrogen-bond acceptors (Lipinski definition) is 6. The summed E-state index contributed by atoms with van der Waals surface area (Å²) >= 11 is 0. The van der Waals surface area contributed by atoms with Gasteiger partial charge < -0.3 is 20.6 Å². The van der Waals surface area contributed by atoms with Crippen molar-refractivity contribution in [3.05, 3.63) is 27.4 Å². The van der Waals surface area contributed by atoms with Crippen LogP contribution in [0.25, 0.3) is 0 Å². The van der Waals surface area contributed by atoms with Gasteiger partial charge in [-0.3, -0.25) is 0 Å². The smallest absolute Gasteiger partial charge is 0.388 e. The molecule has 17 heavy (non-hydrogen) atoms. The number of nitrogen functional groups attached to an aromatic ring is 1. The van der Waals surface area contributed by atoms with Gasteiger partial charge in [-0.25, -0.2) is 13.6 Å². The first kappa shape index (κ1) is 12.7. The minimum atomic E-state index is -3.06. The lowest BCUT2D eigenvalue weighted by atomic mass is 10.2. The Labute approximate surface area is 93.3 Å². The third kappa shape index (κ3) is 2.44. The third-order valence-electron chi connectivity index (χ3n) is 1.87. The summed E-state index contributed by atoms with van der Waals surface area (Å²) in [5.41, 5.74) is 2.97. The molecule has 1 rings (SSSR count). The minimum absolute atomic E-state index is 0.594. The molecule has 0 bridgehead atoms. The molecule has 0 saturated heterocycles. The van der Waals surface area contributed by atoms with Crippen molar-refractivity contribution in [3.8, 4) is 0 Å². The van der Waals surface area contributed by atoms with Crippen LogP contribution in [0.4, 0.5) is 20.3 Å². The van der Waals surface area contributed by atoms with Crippen LogP contribution in [0.15, 0.2) is 6.07 Å². The van der Waals surface area contributed by atoms with E-state index in [0.29, 0.717) is 6.07 Å². The first-order valence-corrected chi connectivity index (χ1v) is 4.19. The number of anilines is 1. The van der Waals surface area contributed by atoms with E-state index >= 15 is 0 Å². The largest absolute Gasteiger partial charge is 0.463 e. The molecule has 0 aromatic carbocycles. The highest BCUT2D eigenvalue weighted by Crippen LogP contribution is 2.31. The zero-order valence-corrected chi connectivity index (χ0v) is 8.52. The van der Waals surface area contributed by atoms with Crippen molar-refractivity contribution >= 4 is 17.5 Å². The van der Waals surface area contributed by atoms with Crippen LogP contribution in [-0.2, 0) is 4.74 Å². The molecule has 0 amide bonds. The molecule has 0 spiro atoms. The van der Waals surface area contributed by atoms with Gasteiger partial charge in [0.1, 0.15) is 5.69 Å². The highest BCUT2D eigenvalue weighted by molar-refractivity contribution is 5.88. The summed E-state index contributed by atoms with van der Waals surface area (Å²) in [5.74, 6) is -2.06. The summed E-state index contributed by atoms with van der Waals surface area (Å²) in [4.78, 5) is 23.8. The van der Waals surface area contributed by atoms with E-state index < -0.39 is 40.1 Å². The molecule has 0 aliphatic rings. The van der Waals surface area contributed by atoms with Gasteiger partial charge in [0.2, 0.25) is 0 Å². The van der Waals surface area contributed by atoms with Gasteiger partial charge in [-0.15, -0.1) is 0 Å². The first-order valence-electron chi connectivity index (χ1n) is 4.19. The average molecular weight is 247 g/mol. The van der Waals surface area contributed by atoms with E-state index in [0.717, 1.165) is 7.11 Å². The Balaban J connectivity index is 3.47. The number of pyridine rings is 1. The SMILES string of the molecule is COC(=O)c1cc(C(F)F)c(N)c([N+](=O)[O-])n1. The fourth-order valence-electron chi connectivity index (χ4n) is 1.09. The topological polar surface area (TPSA) is 108 Å². The van der Waals surface area contributed by atoms with E-state index in [1.807, 2.05) is 0 Å². The quantitative estimate of drug-likeness (QED) is 0.489. The number of carbonyl (C=O) groups is 1. The summed E-state index contributed by atoms with van der Waals surface area (Å²) in [5, 5.41) is 10.5. The van der Waals surface area contributed by atoms with Gasteiger partial charge >= 0.3 is 11.8 Å². The van der Waals surface area contributed by atoms with Crippen molar-refractivity contribution in [1.29, 1.82) is 0 Å². The first-order chi connectivity index (χ1) is 7.88. The number of esters is 1. The predicted molar refractivity (Wildman–Crippen MR) is 51.6 cm³/mol. The number of carbonyl (C=O) groups excluding carboxylic acids is 1. The van der Waals surface area contributed by atoms with Gasteiger partial charge in [0.25, 0.3) is 12.1 Å². The number of nitrogens with two attached hydrogens (primary N) is 1. The summed E-state index contributed by atoms with van der Waals surface area (Å²) in [6, 6.07) is 0.666. The molecule has 1 aromatic rings. The van der Waals surface area contributed by atoms with Crippen LogP contribution >= 0.6 is 0 Å². The fourth-order valence-corrected chi connectivity index (χ4v) is 1.09. The van der Waals surface area contributed by atoms with Crippen LogP contribution in [-0.4, -0.2) is 23.0 Å². The Morgan fingerprint density at radius 2 is 2.24 bits per heavy atom. The molecular weight excluding hydrogens is 240 g/mol. The second-order valence-electron chi connectivity index (χ2n) is 2.88. The molecule has 1 aromatic heterocycles. The highest BCUT2D eigenvalue weighted by atomic mass is 19.3. The lowest BCUT2D eigenvalue weighted by Gasteiger charge is -2.05. The molecule has 0 atom stereocenters. The number of methoxy groups -OCH3 is 1. The lowest BCUT2D eigenvalue weighted by molar-refractivity contribution is -0.388. The summed E-state index contributed by atoms with van der Waals surface area (Å²) < 4.78 is 29.3. The van der Waals surface area contributed by atoms with E-state index in [4.69, 9.17) is 5.73 Å². The standard InChI is InChI=1S/C8H7F2N3O4/c1-17-8(14)4-2-3(6(9)10)5(11)7(12-4)13(15)16/h2,6H,11H2,1H3. The third-order valence-corrected chi connectivity index (χ3v) is 1.87. The maximum absolute atomic E-state index is 12.5. The van der Waals surface area contributed by atoms with Crippen LogP contribution < -0.4 is 5.73 Å². The van der Waals surface area contributed by atoms with Crippen LogP contribution in [0.3, 0.4) is 0 Å². The molecule has 9 heteroatoms. The number of ether oxygens (including phenoxy) is 1. The molecular formula is C8H7F2N3O4. The fraction of sp³-hybridized carbons (Fsp3) is 0.250. The number of rotatable bonds is 3. The van der Waals surface area contributed by atoms with Crippen molar-refractivity contribution in [2.75, 3.05) is 12.8 Å². The average Bonchev–Trinajstić information content (AvgIpc) is 2.27. The Hall–Kier alpha value is -2.32. The molecule has 0 aliphatic carbocycles. The van der Waals surface area contributed by atoms with Crippen molar-refractivity contribution in [2.24, 2.45) is 0 Å². The molecule has 0 aliphatic heterocycles. The van der Waals surface area contributed by atoms with Crippen LogP contribution in [0.2, 0.25) is 0 Å². The van der Waals surface area contributed by atoms with Crippen molar-refractivity contribution < 1.29 is 23.2 Å². The number of nitrogens with zero attached hydrogens (tertiary/aromatic N) is 2. The highest BCUT2D eigenvalue weighted by Gasteiger charge is 2.28.